The minimum absolute atomic E-state index is 0.102. The Morgan fingerprint density at radius 3 is 2.81 bits per heavy atom. The van der Waals surface area contributed by atoms with Crippen molar-refractivity contribution in [1.82, 2.24) is 9.97 Å². The molecule has 0 radical (unpaired) electrons. The van der Waals surface area contributed by atoms with Gasteiger partial charge in [-0.1, -0.05) is 43.8 Å². The van der Waals surface area contributed by atoms with Crippen molar-refractivity contribution in [3.63, 3.8) is 0 Å². The summed E-state index contributed by atoms with van der Waals surface area (Å²) in [7, 11) is 0. The highest BCUT2D eigenvalue weighted by atomic mass is 32.2. The number of amides is 1. The number of nitrogens with one attached hydrogen (secondary N) is 2. The molecular weight excluding hydrogens is 366 g/mol. The van der Waals surface area contributed by atoms with E-state index in [1.807, 2.05) is 32.0 Å². The molecule has 2 rings (SSSR count). The van der Waals surface area contributed by atoms with Gasteiger partial charge < -0.3 is 10.3 Å². The van der Waals surface area contributed by atoms with Gasteiger partial charge in [-0.2, -0.15) is 11.8 Å². The predicted octanol–water partition coefficient (Wildman–Crippen LogP) is 4.01. The number of hydrogen-bond acceptors (Lipinski definition) is 5. The predicted molar refractivity (Wildman–Crippen MR) is 111 cm³/mol. The number of nitrogens with zero attached hydrogens (tertiary/aromatic N) is 1. The van der Waals surface area contributed by atoms with E-state index in [9.17, 15) is 9.59 Å². The first kappa shape index (κ1) is 20.6. The summed E-state index contributed by atoms with van der Waals surface area (Å²) >= 11 is 2.97. The number of aromatic amines is 1. The van der Waals surface area contributed by atoms with Crippen LogP contribution in [0.15, 0.2) is 34.2 Å². The van der Waals surface area contributed by atoms with E-state index in [4.69, 9.17) is 0 Å². The first-order valence-corrected chi connectivity index (χ1v) is 10.7. The number of aryl methyl sites for hydroxylation is 2. The summed E-state index contributed by atoms with van der Waals surface area (Å²) in [6, 6.07) is 7.52. The zero-order valence-corrected chi connectivity index (χ0v) is 17.2. The molecule has 140 valence electrons. The third-order valence-electron chi connectivity index (χ3n) is 3.87. The summed E-state index contributed by atoms with van der Waals surface area (Å²) in [4.78, 5) is 31.6. The summed E-state index contributed by atoms with van der Waals surface area (Å²) in [5.74, 6) is 1.55. The molecule has 0 fully saturated rings. The molecule has 1 aromatic heterocycles. The van der Waals surface area contributed by atoms with Crippen LogP contribution in [-0.2, 0) is 17.0 Å². The fourth-order valence-corrected chi connectivity index (χ4v) is 3.86. The maximum absolute atomic E-state index is 12.6. The minimum atomic E-state index is -0.378. The molecule has 0 saturated carbocycles. The molecule has 5 nitrogen and oxygen atoms in total. The van der Waals surface area contributed by atoms with E-state index >= 15 is 0 Å². The number of H-pyrrole nitrogens is 1. The van der Waals surface area contributed by atoms with Gasteiger partial charge in [0.25, 0.3) is 5.56 Å². The van der Waals surface area contributed by atoms with Crippen LogP contribution >= 0.6 is 23.5 Å². The molecule has 2 aromatic rings. The van der Waals surface area contributed by atoms with Gasteiger partial charge in [-0.3, -0.25) is 9.59 Å². The van der Waals surface area contributed by atoms with Crippen molar-refractivity contribution in [2.75, 3.05) is 11.1 Å². The van der Waals surface area contributed by atoms with Crippen LogP contribution in [0.3, 0.4) is 0 Å². The Balaban J connectivity index is 2.10. The lowest BCUT2D eigenvalue weighted by Gasteiger charge is -2.16. The zero-order valence-electron chi connectivity index (χ0n) is 15.6. The standard InChI is InChI=1S/C19H25N3O2S2/c1-5-14-9-7-8-12(3)17(14)22-18(24)13(4)26-19-20-15(11-25-6-2)10-16(23)21-19/h7-10,13H,5-6,11H2,1-4H3,(H,22,24)(H,20,21,23). The highest BCUT2D eigenvalue weighted by molar-refractivity contribution is 8.00. The summed E-state index contributed by atoms with van der Waals surface area (Å²) in [5, 5.41) is 3.13. The van der Waals surface area contributed by atoms with Crippen molar-refractivity contribution in [2.45, 2.75) is 50.3 Å². The van der Waals surface area contributed by atoms with Crippen LogP contribution < -0.4 is 10.9 Å². The van der Waals surface area contributed by atoms with E-state index in [-0.39, 0.29) is 16.7 Å². The molecule has 0 bridgehead atoms. The molecule has 0 aliphatic carbocycles. The molecule has 1 heterocycles. The average molecular weight is 392 g/mol. The van der Waals surface area contributed by atoms with Gasteiger partial charge in [-0.25, -0.2) is 4.98 Å². The van der Waals surface area contributed by atoms with Crippen LogP contribution in [0.4, 0.5) is 5.69 Å². The number of carbonyl (C=O) groups is 1. The number of rotatable bonds is 8. The van der Waals surface area contributed by atoms with E-state index in [2.05, 4.69) is 29.1 Å². The molecule has 1 aromatic carbocycles. The van der Waals surface area contributed by atoms with Crippen molar-refractivity contribution < 1.29 is 4.79 Å². The molecule has 1 unspecified atom stereocenters. The normalized spacial score (nSPS) is 12.0. The number of thioether (sulfide) groups is 2. The Bertz CT molecular complexity index is 821. The number of para-hydroxylation sites is 1. The fraction of sp³-hybridized carbons (Fsp3) is 0.421. The van der Waals surface area contributed by atoms with Crippen molar-refractivity contribution >= 4 is 35.1 Å². The lowest BCUT2D eigenvalue weighted by molar-refractivity contribution is -0.115. The molecule has 1 amide bonds. The van der Waals surface area contributed by atoms with Crippen molar-refractivity contribution in [1.29, 1.82) is 0 Å². The summed E-state index contributed by atoms with van der Waals surface area (Å²) in [6.07, 6.45) is 0.852. The Hall–Kier alpha value is -1.73. The highest BCUT2D eigenvalue weighted by Crippen LogP contribution is 2.24. The topological polar surface area (TPSA) is 74.8 Å². The van der Waals surface area contributed by atoms with Gasteiger partial charge in [0.2, 0.25) is 5.91 Å². The van der Waals surface area contributed by atoms with Gasteiger partial charge in [-0.05, 0) is 37.1 Å². The molecule has 2 N–H and O–H groups in total. The quantitative estimate of drug-likeness (QED) is 0.525. The molecule has 0 spiro atoms. The Kier molecular flexibility index (Phi) is 7.78. The number of aromatic nitrogens is 2. The number of anilines is 1. The minimum Gasteiger partial charge on any atom is -0.325 e. The second-order valence-corrected chi connectivity index (χ2v) is 8.49. The monoisotopic (exact) mass is 391 g/mol. The van der Waals surface area contributed by atoms with Crippen LogP contribution in [0.5, 0.6) is 0 Å². The average Bonchev–Trinajstić information content (AvgIpc) is 2.61. The third-order valence-corrected chi connectivity index (χ3v) is 5.77. The van der Waals surface area contributed by atoms with Crippen LogP contribution in [0, 0.1) is 6.92 Å². The van der Waals surface area contributed by atoms with Gasteiger partial charge >= 0.3 is 0 Å². The van der Waals surface area contributed by atoms with Gasteiger partial charge in [0.15, 0.2) is 5.16 Å². The first-order chi connectivity index (χ1) is 12.4. The lowest BCUT2D eigenvalue weighted by Crippen LogP contribution is -2.24. The molecule has 1 atom stereocenters. The van der Waals surface area contributed by atoms with Gasteiger partial charge in [0.05, 0.1) is 10.9 Å². The second kappa shape index (κ2) is 9.83. The van der Waals surface area contributed by atoms with Crippen LogP contribution in [0.25, 0.3) is 0 Å². The molecule has 0 aliphatic rings. The fourth-order valence-electron chi connectivity index (χ4n) is 2.47. The van der Waals surface area contributed by atoms with Gasteiger partial charge in [-0.15, -0.1) is 0 Å². The number of hydrogen-bond donors (Lipinski definition) is 2. The second-order valence-electron chi connectivity index (χ2n) is 5.89. The zero-order chi connectivity index (χ0) is 19.1. The summed E-state index contributed by atoms with van der Waals surface area (Å²) in [5.41, 5.74) is 3.58. The van der Waals surface area contributed by atoms with E-state index < -0.39 is 0 Å². The summed E-state index contributed by atoms with van der Waals surface area (Å²) in [6.45, 7) is 7.94. The van der Waals surface area contributed by atoms with Gasteiger partial charge in [0, 0.05) is 17.5 Å². The van der Waals surface area contributed by atoms with Crippen molar-refractivity contribution in [3.8, 4) is 0 Å². The molecular formula is C19H25N3O2S2. The Morgan fingerprint density at radius 1 is 1.35 bits per heavy atom. The van der Waals surface area contributed by atoms with Crippen LogP contribution in [0.1, 0.15) is 37.6 Å². The maximum Gasteiger partial charge on any atom is 0.251 e. The number of carbonyl (C=O) groups excluding carboxylic acids is 1. The third kappa shape index (κ3) is 5.64. The molecule has 0 aliphatic heterocycles. The Labute approximate surface area is 162 Å². The SMILES string of the molecule is CCSCc1cc(=O)[nH]c(SC(C)C(=O)Nc2c(C)cccc2CC)n1. The van der Waals surface area contributed by atoms with Crippen LogP contribution in [-0.4, -0.2) is 26.9 Å². The first-order valence-electron chi connectivity index (χ1n) is 8.68. The van der Waals surface area contributed by atoms with E-state index in [1.165, 1.54) is 17.8 Å². The van der Waals surface area contributed by atoms with Crippen molar-refractivity contribution in [2.24, 2.45) is 0 Å². The Morgan fingerprint density at radius 2 is 2.12 bits per heavy atom. The molecule has 26 heavy (non-hydrogen) atoms. The maximum atomic E-state index is 12.6. The largest absolute Gasteiger partial charge is 0.325 e. The number of benzene rings is 1. The van der Waals surface area contributed by atoms with E-state index in [1.54, 1.807) is 11.8 Å². The highest BCUT2D eigenvalue weighted by Gasteiger charge is 2.18. The molecule has 7 heteroatoms. The van der Waals surface area contributed by atoms with Gasteiger partial charge in [0.1, 0.15) is 0 Å². The smallest absolute Gasteiger partial charge is 0.251 e. The lowest BCUT2D eigenvalue weighted by atomic mass is 10.1. The van der Waals surface area contributed by atoms with E-state index in [0.29, 0.717) is 10.9 Å². The summed E-state index contributed by atoms with van der Waals surface area (Å²) < 4.78 is 0. The van der Waals surface area contributed by atoms with Crippen LogP contribution in [0.2, 0.25) is 0 Å². The van der Waals surface area contributed by atoms with Crippen molar-refractivity contribution in [3.05, 3.63) is 51.4 Å². The van der Waals surface area contributed by atoms with E-state index in [0.717, 1.165) is 34.7 Å². The molecule has 0 saturated heterocycles.